The van der Waals surface area contributed by atoms with Crippen LogP contribution in [0.1, 0.15) is 33.1 Å². The Balaban J connectivity index is 2.72. The molecule has 20 heavy (non-hydrogen) atoms. The molecule has 8 heteroatoms. The van der Waals surface area contributed by atoms with Crippen LogP contribution in [0.25, 0.3) is 0 Å². The van der Waals surface area contributed by atoms with Crippen molar-refractivity contribution in [2.24, 2.45) is 5.41 Å². The van der Waals surface area contributed by atoms with Gasteiger partial charge in [0.25, 0.3) is 0 Å². The summed E-state index contributed by atoms with van der Waals surface area (Å²) in [5, 5.41) is 11.5. The number of aliphatic carboxylic acids is 1. The van der Waals surface area contributed by atoms with E-state index in [1.165, 1.54) is 18.2 Å². The predicted octanol–water partition coefficient (Wildman–Crippen LogP) is 0.0275. The van der Waals surface area contributed by atoms with Crippen molar-refractivity contribution in [3.05, 3.63) is 0 Å². The first-order valence-corrected chi connectivity index (χ1v) is 8.38. The third-order valence-electron chi connectivity index (χ3n) is 3.47. The molecule has 0 aromatic heterocycles. The molecule has 1 amide bonds. The lowest BCUT2D eigenvalue weighted by Gasteiger charge is -2.33. The number of nitrogens with one attached hydrogen (secondary N) is 1. The standard InChI is InChI=1S/C12H22N2O5S/c1-12(2,11(16)17)8-13-10(15)9-6-4-5-7-14(9)20(3,18)19/h9H,4-8H2,1-3H3,(H,13,15)(H,16,17)/t9-/m0/s1. The lowest BCUT2D eigenvalue weighted by molar-refractivity contribution is -0.146. The first-order valence-electron chi connectivity index (χ1n) is 6.53. The van der Waals surface area contributed by atoms with Gasteiger partial charge in [0.1, 0.15) is 6.04 Å². The highest BCUT2D eigenvalue weighted by Gasteiger charge is 2.35. The van der Waals surface area contributed by atoms with Crippen LogP contribution in [-0.4, -0.2) is 55.1 Å². The molecule has 1 atom stereocenters. The second-order valence-corrected chi connectivity index (χ2v) is 7.73. The van der Waals surface area contributed by atoms with Crippen molar-refractivity contribution in [1.29, 1.82) is 0 Å². The molecule has 1 aliphatic heterocycles. The van der Waals surface area contributed by atoms with Crippen molar-refractivity contribution in [3.8, 4) is 0 Å². The van der Waals surface area contributed by atoms with Gasteiger partial charge >= 0.3 is 5.97 Å². The van der Waals surface area contributed by atoms with Crippen molar-refractivity contribution in [2.75, 3.05) is 19.3 Å². The highest BCUT2D eigenvalue weighted by Crippen LogP contribution is 2.20. The van der Waals surface area contributed by atoms with Gasteiger partial charge in [-0.25, -0.2) is 8.42 Å². The predicted molar refractivity (Wildman–Crippen MR) is 73.6 cm³/mol. The van der Waals surface area contributed by atoms with Crippen LogP contribution in [0.15, 0.2) is 0 Å². The smallest absolute Gasteiger partial charge is 0.310 e. The van der Waals surface area contributed by atoms with E-state index in [0.717, 1.165) is 19.1 Å². The number of hydrogen-bond donors (Lipinski definition) is 2. The van der Waals surface area contributed by atoms with Gasteiger partial charge in [0, 0.05) is 13.1 Å². The molecule has 7 nitrogen and oxygen atoms in total. The molecule has 0 spiro atoms. The second-order valence-electron chi connectivity index (χ2n) is 5.79. The van der Waals surface area contributed by atoms with E-state index in [-0.39, 0.29) is 6.54 Å². The Labute approximate surface area is 119 Å². The van der Waals surface area contributed by atoms with Crippen molar-refractivity contribution >= 4 is 21.9 Å². The highest BCUT2D eigenvalue weighted by molar-refractivity contribution is 7.88. The first kappa shape index (κ1) is 16.9. The van der Waals surface area contributed by atoms with Crippen LogP contribution in [-0.2, 0) is 19.6 Å². The summed E-state index contributed by atoms with van der Waals surface area (Å²) in [5.74, 6) is -1.44. The molecule has 1 saturated heterocycles. The van der Waals surface area contributed by atoms with Gasteiger partial charge in [0.15, 0.2) is 0 Å². The van der Waals surface area contributed by atoms with Gasteiger partial charge in [0.2, 0.25) is 15.9 Å². The summed E-state index contributed by atoms with van der Waals surface area (Å²) in [6, 6.07) is -0.733. The van der Waals surface area contributed by atoms with Gasteiger partial charge in [-0.1, -0.05) is 6.42 Å². The minimum absolute atomic E-state index is 0.0325. The van der Waals surface area contributed by atoms with Crippen molar-refractivity contribution < 1.29 is 23.1 Å². The Morgan fingerprint density at radius 3 is 2.45 bits per heavy atom. The zero-order chi connectivity index (χ0) is 15.6. The molecule has 0 radical (unpaired) electrons. The molecule has 1 aliphatic rings. The zero-order valence-corrected chi connectivity index (χ0v) is 12.9. The molecular weight excluding hydrogens is 284 g/mol. The molecule has 0 saturated carbocycles. The van der Waals surface area contributed by atoms with Crippen molar-refractivity contribution in [2.45, 2.75) is 39.2 Å². The van der Waals surface area contributed by atoms with Crippen LogP contribution in [0.5, 0.6) is 0 Å². The van der Waals surface area contributed by atoms with Gasteiger partial charge in [-0.3, -0.25) is 9.59 Å². The summed E-state index contributed by atoms with van der Waals surface area (Å²) in [5.41, 5.74) is -1.08. The SMILES string of the molecule is CC(C)(CNC(=O)[C@@H]1CCCCN1S(C)(=O)=O)C(=O)O. The maximum Gasteiger partial charge on any atom is 0.310 e. The van der Waals surface area contributed by atoms with E-state index >= 15 is 0 Å². The molecule has 1 heterocycles. The molecule has 1 rings (SSSR count). The van der Waals surface area contributed by atoms with Crippen LogP contribution in [0.3, 0.4) is 0 Å². The van der Waals surface area contributed by atoms with Gasteiger partial charge in [-0.05, 0) is 26.7 Å². The fraction of sp³-hybridized carbons (Fsp3) is 0.833. The second kappa shape index (κ2) is 6.09. The average molecular weight is 306 g/mol. The van der Waals surface area contributed by atoms with Crippen LogP contribution in [0.2, 0.25) is 0 Å². The molecule has 1 fully saturated rings. The number of carboxylic acid groups (broad SMARTS) is 1. The maximum absolute atomic E-state index is 12.1. The van der Waals surface area contributed by atoms with E-state index in [1.807, 2.05) is 0 Å². The average Bonchev–Trinajstić information content (AvgIpc) is 2.35. The Morgan fingerprint density at radius 1 is 1.35 bits per heavy atom. The van der Waals surface area contributed by atoms with Crippen LogP contribution < -0.4 is 5.32 Å². The fourth-order valence-corrected chi connectivity index (χ4v) is 3.19. The van der Waals surface area contributed by atoms with Crippen LogP contribution in [0, 0.1) is 5.41 Å². The van der Waals surface area contributed by atoms with Crippen molar-refractivity contribution in [1.82, 2.24) is 9.62 Å². The van der Waals surface area contributed by atoms with E-state index in [0.29, 0.717) is 13.0 Å². The number of amides is 1. The van der Waals surface area contributed by atoms with Crippen LogP contribution >= 0.6 is 0 Å². The third kappa shape index (κ3) is 4.17. The van der Waals surface area contributed by atoms with E-state index in [4.69, 9.17) is 5.11 Å². The number of sulfonamides is 1. The van der Waals surface area contributed by atoms with E-state index in [2.05, 4.69) is 5.32 Å². The minimum atomic E-state index is -3.43. The maximum atomic E-state index is 12.1. The Morgan fingerprint density at radius 2 is 1.95 bits per heavy atom. The molecule has 2 N–H and O–H groups in total. The number of rotatable bonds is 5. The van der Waals surface area contributed by atoms with Gasteiger partial charge in [0.05, 0.1) is 11.7 Å². The van der Waals surface area contributed by atoms with Crippen molar-refractivity contribution in [3.63, 3.8) is 0 Å². The molecule has 116 valence electrons. The molecule has 0 unspecified atom stereocenters. The van der Waals surface area contributed by atoms with E-state index in [9.17, 15) is 18.0 Å². The summed E-state index contributed by atoms with van der Waals surface area (Å²) in [4.78, 5) is 23.1. The lowest BCUT2D eigenvalue weighted by Crippen LogP contribution is -2.53. The first-order chi connectivity index (χ1) is 9.05. The summed E-state index contributed by atoms with van der Waals surface area (Å²) < 4.78 is 24.5. The Kier molecular flexibility index (Phi) is 5.15. The number of hydrogen-bond acceptors (Lipinski definition) is 4. The summed E-state index contributed by atoms with van der Waals surface area (Å²) >= 11 is 0. The van der Waals surface area contributed by atoms with Gasteiger partial charge in [-0.15, -0.1) is 0 Å². The third-order valence-corrected chi connectivity index (χ3v) is 4.75. The summed E-state index contributed by atoms with van der Waals surface area (Å²) in [7, 11) is -3.43. The number of piperidine rings is 1. The Hall–Kier alpha value is -1.15. The molecule has 0 aliphatic carbocycles. The molecule has 0 aromatic carbocycles. The van der Waals surface area contributed by atoms with Gasteiger partial charge in [-0.2, -0.15) is 4.31 Å². The molecule has 0 aromatic rings. The van der Waals surface area contributed by atoms with Gasteiger partial charge < -0.3 is 10.4 Å². The number of carbonyl (C=O) groups excluding carboxylic acids is 1. The minimum Gasteiger partial charge on any atom is -0.481 e. The molecular formula is C12H22N2O5S. The van der Waals surface area contributed by atoms with E-state index in [1.54, 1.807) is 0 Å². The quantitative estimate of drug-likeness (QED) is 0.745. The summed E-state index contributed by atoms with van der Waals surface area (Å²) in [6.45, 7) is 3.31. The Bertz CT molecular complexity index is 486. The summed E-state index contributed by atoms with van der Waals surface area (Å²) in [6.07, 6.45) is 3.07. The van der Waals surface area contributed by atoms with Crippen LogP contribution in [0.4, 0.5) is 0 Å². The van der Waals surface area contributed by atoms with E-state index < -0.39 is 33.4 Å². The normalized spacial score (nSPS) is 21.4. The number of carbonyl (C=O) groups is 2. The number of nitrogens with zero attached hydrogens (tertiary/aromatic N) is 1. The monoisotopic (exact) mass is 306 g/mol. The number of carboxylic acids is 1. The highest BCUT2D eigenvalue weighted by atomic mass is 32.2. The topological polar surface area (TPSA) is 104 Å². The molecule has 0 bridgehead atoms. The lowest BCUT2D eigenvalue weighted by atomic mass is 9.93. The zero-order valence-electron chi connectivity index (χ0n) is 12.0. The fourth-order valence-electron chi connectivity index (χ4n) is 2.07. The largest absolute Gasteiger partial charge is 0.481 e.